The van der Waals surface area contributed by atoms with E-state index in [1.54, 1.807) is 24.3 Å². The molecule has 0 aromatic heterocycles. The lowest BCUT2D eigenvalue weighted by molar-refractivity contribution is -0.116. The number of nitrogens with one attached hydrogen (secondary N) is 1. The predicted octanol–water partition coefficient (Wildman–Crippen LogP) is 3.04. The maximum Gasteiger partial charge on any atom is 0.243 e. The highest BCUT2D eigenvalue weighted by Crippen LogP contribution is 2.21. The van der Waals surface area contributed by atoms with Gasteiger partial charge in [0.15, 0.2) is 0 Å². The molecule has 3 rings (SSSR count). The zero-order chi connectivity index (χ0) is 17.7. The zero-order valence-corrected chi connectivity index (χ0v) is 14.8. The van der Waals surface area contributed by atoms with E-state index in [1.165, 1.54) is 4.31 Å². The van der Waals surface area contributed by atoms with Crippen molar-refractivity contribution in [3.05, 3.63) is 60.2 Å². The normalized spacial score (nSPS) is 15.2. The molecule has 2 aromatic carbocycles. The molecule has 25 heavy (non-hydrogen) atoms. The van der Waals surface area contributed by atoms with E-state index in [2.05, 4.69) is 5.32 Å². The number of aryl methyl sites for hydroxylation is 1. The number of carbonyl (C=O) groups excluding carboxylic acids is 1. The van der Waals surface area contributed by atoms with Crippen LogP contribution in [-0.2, 0) is 21.2 Å². The van der Waals surface area contributed by atoms with Crippen molar-refractivity contribution in [3.63, 3.8) is 0 Å². The third kappa shape index (κ3) is 4.46. The summed E-state index contributed by atoms with van der Waals surface area (Å²) in [4.78, 5) is 12.3. The lowest BCUT2D eigenvalue weighted by Crippen LogP contribution is -2.27. The minimum absolute atomic E-state index is 0.0556. The van der Waals surface area contributed by atoms with Gasteiger partial charge in [0.25, 0.3) is 0 Å². The van der Waals surface area contributed by atoms with Crippen molar-refractivity contribution in [3.8, 4) is 0 Å². The van der Waals surface area contributed by atoms with Crippen LogP contribution in [0.2, 0.25) is 0 Å². The lowest BCUT2D eigenvalue weighted by atomic mass is 10.1. The Bertz CT molecular complexity index is 812. The Labute approximate surface area is 148 Å². The van der Waals surface area contributed by atoms with Crippen molar-refractivity contribution >= 4 is 21.6 Å². The third-order valence-electron chi connectivity index (χ3n) is 4.32. The molecule has 0 atom stereocenters. The molecule has 0 saturated carbocycles. The minimum atomic E-state index is -3.37. The first-order chi connectivity index (χ1) is 12.1. The van der Waals surface area contributed by atoms with E-state index < -0.39 is 10.0 Å². The number of hydrogen-bond donors (Lipinski definition) is 1. The van der Waals surface area contributed by atoms with E-state index >= 15 is 0 Å². The number of benzene rings is 2. The summed E-state index contributed by atoms with van der Waals surface area (Å²) in [7, 11) is -3.37. The maximum atomic E-state index is 12.5. The van der Waals surface area contributed by atoms with Gasteiger partial charge in [-0.15, -0.1) is 0 Å². The van der Waals surface area contributed by atoms with E-state index in [-0.39, 0.29) is 5.91 Å². The van der Waals surface area contributed by atoms with Crippen LogP contribution < -0.4 is 5.32 Å². The van der Waals surface area contributed by atoms with E-state index in [9.17, 15) is 13.2 Å². The Morgan fingerprint density at radius 2 is 1.60 bits per heavy atom. The number of nitrogens with zero attached hydrogens (tertiary/aromatic N) is 1. The molecule has 0 radical (unpaired) electrons. The molecule has 1 heterocycles. The monoisotopic (exact) mass is 358 g/mol. The van der Waals surface area contributed by atoms with Crippen LogP contribution in [0.15, 0.2) is 59.5 Å². The number of anilines is 1. The first kappa shape index (κ1) is 17.6. The van der Waals surface area contributed by atoms with Gasteiger partial charge >= 0.3 is 0 Å². The summed E-state index contributed by atoms with van der Waals surface area (Å²) in [5.41, 5.74) is 1.73. The standard InChI is InChI=1S/C19H22N2O3S/c22-19(20-17-6-2-1-3-7-17)13-10-16-8-11-18(12-9-16)25(23,24)21-14-4-5-15-21/h1-3,6-9,11-12H,4-5,10,13-15H2,(H,20,22). The second kappa shape index (κ2) is 7.80. The highest BCUT2D eigenvalue weighted by atomic mass is 32.2. The first-order valence-electron chi connectivity index (χ1n) is 8.50. The topological polar surface area (TPSA) is 66.5 Å². The Morgan fingerprint density at radius 3 is 2.24 bits per heavy atom. The quantitative estimate of drug-likeness (QED) is 0.863. The summed E-state index contributed by atoms with van der Waals surface area (Å²) in [5.74, 6) is -0.0556. The van der Waals surface area contributed by atoms with Crippen LogP contribution in [0.3, 0.4) is 0 Å². The van der Waals surface area contributed by atoms with Crippen LogP contribution in [0, 0.1) is 0 Å². The van der Waals surface area contributed by atoms with Crippen LogP contribution in [0.5, 0.6) is 0 Å². The van der Waals surface area contributed by atoms with Crippen LogP contribution in [-0.4, -0.2) is 31.7 Å². The van der Waals surface area contributed by atoms with Gasteiger partial charge in [0, 0.05) is 25.2 Å². The fourth-order valence-electron chi connectivity index (χ4n) is 2.91. The van der Waals surface area contributed by atoms with E-state index in [0.29, 0.717) is 30.8 Å². The second-order valence-electron chi connectivity index (χ2n) is 6.17. The number of sulfonamides is 1. The lowest BCUT2D eigenvalue weighted by Gasteiger charge is -2.15. The highest BCUT2D eigenvalue weighted by molar-refractivity contribution is 7.89. The largest absolute Gasteiger partial charge is 0.326 e. The maximum absolute atomic E-state index is 12.5. The van der Waals surface area contributed by atoms with Gasteiger partial charge in [-0.2, -0.15) is 4.31 Å². The van der Waals surface area contributed by atoms with Crippen molar-refractivity contribution < 1.29 is 13.2 Å². The fourth-order valence-corrected chi connectivity index (χ4v) is 4.43. The molecule has 0 spiro atoms. The molecule has 1 aliphatic heterocycles. The molecule has 0 aliphatic carbocycles. The van der Waals surface area contributed by atoms with Gasteiger partial charge in [-0.05, 0) is 49.1 Å². The van der Waals surface area contributed by atoms with Crippen LogP contribution in [0.4, 0.5) is 5.69 Å². The van der Waals surface area contributed by atoms with Gasteiger partial charge in [0.05, 0.1) is 4.90 Å². The Morgan fingerprint density at radius 1 is 0.960 bits per heavy atom. The molecule has 1 amide bonds. The summed E-state index contributed by atoms with van der Waals surface area (Å²) in [5, 5.41) is 2.84. The molecule has 0 bridgehead atoms. The molecule has 1 fully saturated rings. The third-order valence-corrected chi connectivity index (χ3v) is 6.24. The molecule has 1 N–H and O–H groups in total. The van der Waals surface area contributed by atoms with Crippen LogP contribution >= 0.6 is 0 Å². The van der Waals surface area contributed by atoms with Crippen molar-refractivity contribution in [1.29, 1.82) is 0 Å². The summed E-state index contributed by atoms with van der Waals surface area (Å²) in [6, 6.07) is 16.2. The number of carbonyl (C=O) groups is 1. The summed E-state index contributed by atoms with van der Waals surface area (Å²) < 4.78 is 26.5. The Kier molecular flexibility index (Phi) is 5.50. The molecule has 6 heteroatoms. The number of amides is 1. The zero-order valence-electron chi connectivity index (χ0n) is 14.0. The summed E-state index contributed by atoms with van der Waals surface area (Å²) in [6.07, 6.45) is 2.78. The van der Waals surface area contributed by atoms with E-state index in [0.717, 1.165) is 24.1 Å². The minimum Gasteiger partial charge on any atom is -0.326 e. The van der Waals surface area contributed by atoms with Gasteiger partial charge in [-0.1, -0.05) is 30.3 Å². The highest BCUT2D eigenvalue weighted by Gasteiger charge is 2.26. The van der Waals surface area contributed by atoms with Crippen molar-refractivity contribution in [2.75, 3.05) is 18.4 Å². The van der Waals surface area contributed by atoms with Gasteiger partial charge < -0.3 is 5.32 Å². The van der Waals surface area contributed by atoms with Gasteiger partial charge in [0.2, 0.25) is 15.9 Å². The van der Waals surface area contributed by atoms with Gasteiger partial charge in [-0.3, -0.25) is 4.79 Å². The van der Waals surface area contributed by atoms with Gasteiger partial charge in [-0.25, -0.2) is 8.42 Å². The number of para-hydroxylation sites is 1. The van der Waals surface area contributed by atoms with Crippen molar-refractivity contribution in [1.82, 2.24) is 4.31 Å². The smallest absolute Gasteiger partial charge is 0.243 e. The molecule has 132 valence electrons. The van der Waals surface area contributed by atoms with Crippen LogP contribution in [0.1, 0.15) is 24.8 Å². The molecular weight excluding hydrogens is 336 g/mol. The SMILES string of the molecule is O=C(CCc1ccc(S(=O)(=O)N2CCCC2)cc1)Nc1ccccc1. The molecule has 1 saturated heterocycles. The Hall–Kier alpha value is -2.18. The molecular formula is C19H22N2O3S. The van der Waals surface area contributed by atoms with Gasteiger partial charge in [0.1, 0.15) is 0 Å². The van der Waals surface area contributed by atoms with Crippen molar-refractivity contribution in [2.24, 2.45) is 0 Å². The molecule has 1 aliphatic rings. The second-order valence-corrected chi connectivity index (χ2v) is 8.11. The van der Waals surface area contributed by atoms with E-state index in [1.807, 2.05) is 30.3 Å². The average molecular weight is 358 g/mol. The fraction of sp³-hybridized carbons (Fsp3) is 0.316. The molecule has 5 nitrogen and oxygen atoms in total. The summed E-state index contributed by atoms with van der Waals surface area (Å²) >= 11 is 0. The van der Waals surface area contributed by atoms with E-state index in [4.69, 9.17) is 0 Å². The average Bonchev–Trinajstić information content (AvgIpc) is 3.17. The number of rotatable bonds is 6. The predicted molar refractivity (Wildman–Crippen MR) is 97.8 cm³/mol. The Balaban J connectivity index is 1.56. The summed E-state index contributed by atoms with van der Waals surface area (Å²) in [6.45, 7) is 1.20. The number of hydrogen-bond acceptors (Lipinski definition) is 3. The molecule has 0 unspecified atom stereocenters. The van der Waals surface area contributed by atoms with Crippen molar-refractivity contribution in [2.45, 2.75) is 30.6 Å². The molecule has 2 aromatic rings. The van der Waals surface area contributed by atoms with Crippen LogP contribution in [0.25, 0.3) is 0 Å². The first-order valence-corrected chi connectivity index (χ1v) is 9.94.